The third-order valence-electron chi connectivity index (χ3n) is 4.12. The number of rotatable bonds is 3. The number of carbonyl (C=O) groups excluding carboxylic acids is 1. The van der Waals surface area contributed by atoms with Gasteiger partial charge in [-0.25, -0.2) is 0 Å². The van der Waals surface area contributed by atoms with E-state index in [2.05, 4.69) is 0 Å². The van der Waals surface area contributed by atoms with Crippen molar-refractivity contribution in [3.8, 4) is 16.9 Å². The fourth-order valence-electron chi connectivity index (χ4n) is 2.94. The maximum absolute atomic E-state index is 12.3. The van der Waals surface area contributed by atoms with Crippen LogP contribution in [0.4, 0.5) is 0 Å². The van der Waals surface area contributed by atoms with Crippen LogP contribution in [-0.4, -0.2) is 5.97 Å². The maximum atomic E-state index is 12.3. The number of benzene rings is 2. The molecule has 0 atom stereocenters. The number of hydrogen-bond acceptors (Lipinski definition) is 2. The summed E-state index contributed by atoms with van der Waals surface area (Å²) in [6.07, 6.45) is 5.45. The molecular formula is C19H20O2. The highest BCUT2D eigenvalue weighted by atomic mass is 16.5. The van der Waals surface area contributed by atoms with Crippen molar-refractivity contribution in [2.45, 2.75) is 32.1 Å². The van der Waals surface area contributed by atoms with E-state index < -0.39 is 0 Å². The number of carbonyl (C=O) groups is 1. The highest BCUT2D eigenvalue weighted by Crippen LogP contribution is 2.31. The van der Waals surface area contributed by atoms with Gasteiger partial charge in [0, 0.05) is 5.56 Å². The molecule has 0 spiro atoms. The largest absolute Gasteiger partial charge is 0.426 e. The standard InChI is InChI=1S/C19H20O2/c20-19(16-11-5-2-6-12-16)21-18-14-8-7-13-17(18)15-9-3-1-4-10-15/h1,3-4,7-10,13-14,16H,2,5-6,11-12H2. The van der Waals surface area contributed by atoms with Gasteiger partial charge in [-0.05, 0) is 24.5 Å². The van der Waals surface area contributed by atoms with Crippen molar-refractivity contribution in [1.29, 1.82) is 0 Å². The van der Waals surface area contributed by atoms with Crippen LogP contribution in [0.2, 0.25) is 0 Å². The molecule has 2 heteroatoms. The molecule has 2 aromatic carbocycles. The molecule has 1 saturated carbocycles. The number of ether oxygens (including phenoxy) is 1. The molecule has 0 saturated heterocycles. The molecule has 1 aliphatic rings. The minimum Gasteiger partial charge on any atom is -0.426 e. The Hall–Kier alpha value is -2.09. The van der Waals surface area contributed by atoms with Crippen molar-refractivity contribution in [3.05, 3.63) is 54.6 Å². The number of esters is 1. The molecule has 108 valence electrons. The van der Waals surface area contributed by atoms with Gasteiger partial charge in [-0.1, -0.05) is 67.8 Å². The van der Waals surface area contributed by atoms with Crippen LogP contribution in [-0.2, 0) is 4.79 Å². The van der Waals surface area contributed by atoms with Crippen LogP contribution in [0.5, 0.6) is 5.75 Å². The zero-order valence-corrected chi connectivity index (χ0v) is 12.1. The summed E-state index contributed by atoms with van der Waals surface area (Å²) in [4.78, 5) is 12.3. The van der Waals surface area contributed by atoms with Gasteiger partial charge < -0.3 is 4.74 Å². The van der Waals surface area contributed by atoms with Gasteiger partial charge >= 0.3 is 5.97 Å². The molecule has 0 bridgehead atoms. The fraction of sp³-hybridized carbons (Fsp3) is 0.316. The summed E-state index contributed by atoms with van der Waals surface area (Å²) < 4.78 is 5.70. The van der Waals surface area contributed by atoms with Gasteiger partial charge in [0.2, 0.25) is 0 Å². The summed E-state index contributed by atoms with van der Waals surface area (Å²) in [5, 5.41) is 0. The molecule has 0 N–H and O–H groups in total. The molecule has 0 amide bonds. The van der Waals surface area contributed by atoms with Crippen molar-refractivity contribution in [3.63, 3.8) is 0 Å². The van der Waals surface area contributed by atoms with E-state index in [4.69, 9.17) is 4.74 Å². The smallest absolute Gasteiger partial charge is 0.314 e. The molecule has 0 heterocycles. The summed E-state index contributed by atoms with van der Waals surface area (Å²) in [6, 6.07) is 17.8. The van der Waals surface area contributed by atoms with Crippen molar-refractivity contribution in [2.24, 2.45) is 5.92 Å². The topological polar surface area (TPSA) is 26.3 Å². The third kappa shape index (κ3) is 3.33. The molecule has 2 aromatic rings. The van der Waals surface area contributed by atoms with E-state index in [-0.39, 0.29) is 11.9 Å². The van der Waals surface area contributed by atoms with E-state index in [1.165, 1.54) is 6.42 Å². The monoisotopic (exact) mass is 280 g/mol. The second-order valence-electron chi connectivity index (χ2n) is 5.62. The Labute approximate surface area is 125 Å². The lowest BCUT2D eigenvalue weighted by atomic mass is 9.89. The molecule has 21 heavy (non-hydrogen) atoms. The van der Waals surface area contributed by atoms with Gasteiger partial charge in [0.1, 0.15) is 5.75 Å². The lowest BCUT2D eigenvalue weighted by Crippen LogP contribution is -2.22. The second-order valence-corrected chi connectivity index (χ2v) is 5.62. The number of hydrogen-bond donors (Lipinski definition) is 0. The first-order valence-electron chi connectivity index (χ1n) is 7.71. The van der Waals surface area contributed by atoms with E-state index in [9.17, 15) is 4.79 Å². The van der Waals surface area contributed by atoms with Gasteiger partial charge in [0.15, 0.2) is 0 Å². The summed E-state index contributed by atoms with van der Waals surface area (Å²) in [7, 11) is 0. The summed E-state index contributed by atoms with van der Waals surface area (Å²) in [5.41, 5.74) is 2.05. The molecule has 0 aliphatic heterocycles. The van der Waals surface area contributed by atoms with Gasteiger partial charge in [-0.3, -0.25) is 4.79 Å². The zero-order chi connectivity index (χ0) is 14.5. The van der Waals surface area contributed by atoms with Crippen molar-refractivity contribution < 1.29 is 9.53 Å². The predicted molar refractivity (Wildman–Crippen MR) is 84.1 cm³/mol. The van der Waals surface area contributed by atoms with Crippen LogP contribution in [0.15, 0.2) is 54.6 Å². The zero-order valence-electron chi connectivity index (χ0n) is 12.1. The first-order valence-corrected chi connectivity index (χ1v) is 7.71. The molecule has 3 rings (SSSR count). The minimum atomic E-state index is -0.0712. The second kappa shape index (κ2) is 6.57. The van der Waals surface area contributed by atoms with Gasteiger partial charge in [0.05, 0.1) is 5.92 Å². The fourth-order valence-corrected chi connectivity index (χ4v) is 2.94. The Morgan fingerprint density at radius 1 is 0.857 bits per heavy atom. The average molecular weight is 280 g/mol. The highest BCUT2D eigenvalue weighted by molar-refractivity contribution is 5.79. The van der Waals surface area contributed by atoms with Crippen molar-refractivity contribution in [1.82, 2.24) is 0 Å². The van der Waals surface area contributed by atoms with Crippen LogP contribution in [0.1, 0.15) is 32.1 Å². The minimum absolute atomic E-state index is 0.0712. The van der Waals surface area contributed by atoms with Crippen LogP contribution in [0.25, 0.3) is 11.1 Å². The first-order chi connectivity index (χ1) is 10.3. The molecule has 0 radical (unpaired) electrons. The van der Waals surface area contributed by atoms with Crippen LogP contribution < -0.4 is 4.74 Å². The Kier molecular flexibility index (Phi) is 4.34. The number of para-hydroxylation sites is 1. The van der Waals surface area contributed by atoms with Crippen molar-refractivity contribution >= 4 is 5.97 Å². The van der Waals surface area contributed by atoms with Gasteiger partial charge in [0.25, 0.3) is 0 Å². The van der Waals surface area contributed by atoms with E-state index >= 15 is 0 Å². The average Bonchev–Trinajstić information content (AvgIpc) is 2.57. The van der Waals surface area contributed by atoms with Crippen molar-refractivity contribution in [2.75, 3.05) is 0 Å². The third-order valence-corrected chi connectivity index (χ3v) is 4.12. The van der Waals surface area contributed by atoms with E-state index in [0.717, 1.165) is 36.8 Å². The van der Waals surface area contributed by atoms with E-state index in [1.54, 1.807) is 0 Å². The summed E-state index contributed by atoms with van der Waals surface area (Å²) in [5.74, 6) is 0.667. The van der Waals surface area contributed by atoms with E-state index in [1.807, 2.05) is 54.6 Å². The first kappa shape index (κ1) is 13.9. The Morgan fingerprint density at radius 2 is 1.52 bits per heavy atom. The van der Waals surface area contributed by atoms with Gasteiger partial charge in [-0.15, -0.1) is 0 Å². The molecule has 1 aliphatic carbocycles. The quantitative estimate of drug-likeness (QED) is 0.594. The summed E-state index contributed by atoms with van der Waals surface area (Å²) >= 11 is 0. The van der Waals surface area contributed by atoms with Gasteiger partial charge in [-0.2, -0.15) is 0 Å². The Balaban J connectivity index is 1.81. The lowest BCUT2D eigenvalue weighted by Gasteiger charge is -2.20. The molecule has 0 aromatic heterocycles. The Morgan fingerprint density at radius 3 is 2.29 bits per heavy atom. The van der Waals surface area contributed by atoms with E-state index in [0.29, 0.717) is 5.75 Å². The highest BCUT2D eigenvalue weighted by Gasteiger charge is 2.23. The molecule has 2 nitrogen and oxygen atoms in total. The SMILES string of the molecule is O=C(Oc1ccccc1-c1ccccc1)C1CCCCC1. The van der Waals surface area contributed by atoms with Crippen LogP contribution in [0.3, 0.4) is 0 Å². The van der Waals surface area contributed by atoms with Crippen LogP contribution >= 0.6 is 0 Å². The molecule has 1 fully saturated rings. The summed E-state index contributed by atoms with van der Waals surface area (Å²) in [6.45, 7) is 0. The maximum Gasteiger partial charge on any atom is 0.314 e. The predicted octanol–water partition coefficient (Wildman–Crippen LogP) is 4.84. The normalized spacial score (nSPS) is 15.6. The van der Waals surface area contributed by atoms with Crippen LogP contribution in [0, 0.1) is 5.92 Å². The molecule has 0 unspecified atom stereocenters. The molecular weight excluding hydrogens is 260 g/mol. The lowest BCUT2D eigenvalue weighted by molar-refractivity contribution is -0.139. The Bertz CT molecular complexity index is 598.